The Bertz CT molecular complexity index is 1250. The molecule has 1 saturated heterocycles. The zero-order chi connectivity index (χ0) is 23.0. The number of halogens is 1. The van der Waals surface area contributed by atoms with Gasteiger partial charge in [-0.3, -0.25) is 19.5 Å². The van der Waals surface area contributed by atoms with Gasteiger partial charge in [0.25, 0.3) is 11.7 Å². The number of Topliss-reactive ketones (excluding diaryl/α,β-unsaturated/α-hetero) is 1. The van der Waals surface area contributed by atoms with Crippen LogP contribution in [0, 0.1) is 13.8 Å². The van der Waals surface area contributed by atoms with Crippen molar-refractivity contribution in [2.45, 2.75) is 19.9 Å². The van der Waals surface area contributed by atoms with Crippen LogP contribution in [0.25, 0.3) is 5.76 Å². The molecule has 1 aliphatic heterocycles. The molecule has 6 nitrogen and oxygen atoms in total. The number of carbonyl (C=O) groups is 2. The van der Waals surface area contributed by atoms with Gasteiger partial charge >= 0.3 is 0 Å². The van der Waals surface area contributed by atoms with Crippen molar-refractivity contribution in [2.24, 2.45) is 0 Å². The lowest BCUT2D eigenvalue weighted by atomic mass is 9.97. The van der Waals surface area contributed by atoms with E-state index in [2.05, 4.69) is 4.98 Å². The molecule has 1 fully saturated rings. The predicted octanol–water partition coefficient (Wildman–Crippen LogP) is 4.99. The number of carbonyl (C=O) groups excluding carboxylic acids is 2. The highest BCUT2D eigenvalue weighted by atomic mass is 35.5. The number of methoxy groups -OCH3 is 1. The minimum Gasteiger partial charge on any atom is -0.507 e. The molecular weight excluding hydrogens is 428 g/mol. The highest BCUT2D eigenvalue weighted by molar-refractivity contribution is 6.51. The first-order valence-corrected chi connectivity index (χ1v) is 10.3. The molecule has 1 N–H and O–H groups in total. The Morgan fingerprint density at radius 2 is 1.88 bits per heavy atom. The van der Waals surface area contributed by atoms with Gasteiger partial charge in [0, 0.05) is 17.4 Å². The average Bonchev–Trinajstić information content (AvgIpc) is 3.06. The Morgan fingerprint density at radius 3 is 2.53 bits per heavy atom. The van der Waals surface area contributed by atoms with Gasteiger partial charge in [-0.25, -0.2) is 0 Å². The molecule has 1 unspecified atom stereocenters. The summed E-state index contributed by atoms with van der Waals surface area (Å²) in [4.78, 5) is 32.2. The van der Waals surface area contributed by atoms with E-state index in [0.717, 1.165) is 11.1 Å². The number of pyridine rings is 1. The van der Waals surface area contributed by atoms with Crippen molar-refractivity contribution in [3.8, 4) is 5.75 Å². The smallest absolute Gasteiger partial charge is 0.300 e. The zero-order valence-electron chi connectivity index (χ0n) is 17.8. The summed E-state index contributed by atoms with van der Waals surface area (Å²) >= 11 is 6.23. The summed E-state index contributed by atoms with van der Waals surface area (Å²) < 4.78 is 5.16. The number of benzene rings is 2. The van der Waals surface area contributed by atoms with Crippen molar-refractivity contribution in [2.75, 3.05) is 12.0 Å². The van der Waals surface area contributed by atoms with Gasteiger partial charge in [0.15, 0.2) is 0 Å². The van der Waals surface area contributed by atoms with E-state index in [-0.39, 0.29) is 16.4 Å². The third-order valence-electron chi connectivity index (χ3n) is 5.46. The molecule has 7 heteroatoms. The van der Waals surface area contributed by atoms with Crippen LogP contribution in [-0.4, -0.2) is 28.9 Å². The lowest BCUT2D eigenvalue weighted by Gasteiger charge is -2.26. The Hall–Kier alpha value is -3.64. The summed E-state index contributed by atoms with van der Waals surface area (Å²) in [5, 5.41) is 11.4. The molecule has 0 bridgehead atoms. The van der Waals surface area contributed by atoms with Gasteiger partial charge in [0.1, 0.15) is 17.6 Å². The molecule has 0 spiro atoms. The van der Waals surface area contributed by atoms with Crippen molar-refractivity contribution in [3.05, 3.63) is 93.8 Å². The normalized spacial score (nSPS) is 17.6. The van der Waals surface area contributed by atoms with E-state index < -0.39 is 17.7 Å². The Labute approximate surface area is 190 Å². The van der Waals surface area contributed by atoms with Crippen LogP contribution in [0.4, 0.5) is 5.69 Å². The summed E-state index contributed by atoms with van der Waals surface area (Å²) in [6, 6.07) is 14.7. The molecule has 3 aromatic rings. The molecule has 32 heavy (non-hydrogen) atoms. The summed E-state index contributed by atoms with van der Waals surface area (Å²) in [7, 11) is 1.48. The van der Waals surface area contributed by atoms with Gasteiger partial charge < -0.3 is 9.84 Å². The van der Waals surface area contributed by atoms with Crippen LogP contribution in [-0.2, 0) is 9.59 Å². The molecule has 1 atom stereocenters. The second kappa shape index (κ2) is 8.48. The summed E-state index contributed by atoms with van der Waals surface area (Å²) in [6.07, 6.45) is 1.59. The first-order chi connectivity index (χ1) is 15.3. The fourth-order valence-electron chi connectivity index (χ4n) is 3.85. The van der Waals surface area contributed by atoms with Gasteiger partial charge in [-0.1, -0.05) is 29.8 Å². The van der Waals surface area contributed by atoms with Crippen LogP contribution in [0.3, 0.4) is 0 Å². The molecule has 1 aromatic heterocycles. The molecule has 0 radical (unpaired) electrons. The largest absolute Gasteiger partial charge is 0.507 e. The minimum atomic E-state index is -0.891. The number of aliphatic hydroxyl groups is 1. The van der Waals surface area contributed by atoms with Gasteiger partial charge in [-0.05, 0) is 61.4 Å². The maximum absolute atomic E-state index is 13.2. The van der Waals surface area contributed by atoms with Crippen molar-refractivity contribution < 1.29 is 19.4 Å². The topological polar surface area (TPSA) is 79.7 Å². The van der Waals surface area contributed by atoms with Crippen molar-refractivity contribution in [1.82, 2.24) is 4.98 Å². The highest BCUT2D eigenvalue weighted by Gasteiger charge is 2.48. The maximum atomic E-state index is 13.2. The van der Waals surface area contributed by atoms with Crippen LogP contribution < -0.4 is 9.64 Å². The number of hydrogen-bond acceptors (Lipinski definition) is 5. The number of nitrogens with zero attached hydrogens (tertiary/aromatic N) is 2. The highest BCUT2D eigenvalue weighted by Crippen LogP contribution is 2.43. The fraction of sp³-hybridized carbons (Fsp3) is 0.160. The van der Waals surface area contributed by atoms with Crippen molar-refractivity contribution in [1.29, 1.82) is 0 Å². The average molecular weight is 449 g/mol. The summed E-state index contributed by atoms with van der Waals surface area (Å²) in [5.41, 5.74) is 3.08. The number of aryl methyl sites for hydroxylation is 2. The molecular formula is C25H21ClN2O4. The summed E-state index contributed by atoms with van der Waals surface area (Å²) in [5.74, 6) is -1.40. The number of hydrogen-bond donors (Lipinski definition) is 1. The number of aromatic nitrogens is 1. The van der Waals surface area contributed by atoms with Gasteiger partial charge in [-0.2, -0.15) is 0 Å². The number of rotatable bonds is 4. The second-order valence-electron chi connectivity index (χ2n) is 7.56. The van der Waals surface area contributed by atoms with Crippen LogP contribution in [0.5, 0.6) is 5.75 Å². The van der Waals surface area contributed by atoms with Crippen molar-refractivity contribution in [3.63, 3.8) is 0 Å². The molecule has 1 aliphatic rings. The van der Waals surface area contributed by atoms with Crippen molar-refractivity contribution >= 4 is 34.7 Å². The first kappa shape index (κ1) is 21.6. The lowest BCUT2D eigenvalue weighted by molar-refractivity contribution is -0.132. The third-order valence-corrected chi connectivity index (χ3v) is 5.76. The molecule has 1 amide bonds. The molecule has 162 valence electrons. The van der Waals surface area contributed by atoms with Crippen LogP contribution in [0.15, 0.2) is 66.4 Å². The Kier molecular flexibility index (Phi) is 5.72. The quantitative estimate of drug-likeness (QED) is 0.345. The molecule has 4 rings (SSSR count). The third kappa shape index (κ3) is 3.63. The van der Waals surface area contributed by atoms with Crippen LogP contribution in [0.1, 0.15) is 28.4 Å². The molecule has 0 aliphatic carbocycles. The Morgan fingerprint density at radius 1 is 1.09 bits per heavy atom. The predicted molar refractivity (Wildman–Crippen MR) is 123 cm³/mol. The second-order valence-corrected chi connectivity index (χ2v) is 7.97. The standard InChI is InChI=1S/C25H21ClN2O4/c1-14-7-8-15(2)19(12-14)28-22(18-6-4-5-11-27-18)21(24(30)25(28)31)23(29)16-9-10-20(32-3)17(26)13-16/h4-13,22,29H,1-3H3/b23-21-. The van der Waals surface area contributed by atoms with E-state index in [0.29, 0.717) is 22.7 Å². The van der Waals surface area contributed by atoms with E-state index in [1.165, 1.54) is 18.1 Å². The molecule has 2 heterocycles. The van der Waals surface area contributed by atoms with E-state index in [9.17, 15) is 14.7 Å². The summed E-state index contributed by atoms with van der Waals surface area (Å²) in [6.45, 7) is 3.78. The first-order valence-electron chi connectivity index (χ1n) is 9.96. The van der Waals surface area contributed by atoms with Gasteiger partial charge in [0.05, 0.1) is 23.4 Å². The Balaban J connectivity index is 1.96. The van der Waals surface area contributed by atoms with E-state index >= 15 is 0 Å². The number of ether oxygens (including phenoxy) is 1. The minimum absolute atomic E-state index is 0.0455. The number of anilines is 1. The fourth-order valence-corrected chi connectivity index (χ4v) is 4.10. The lowest BCUT2D eigenvalue weighted by Crippen LogP contribution is -2.30. The van der Waals surface area contributed by atoms with Gasteiger partial charge in [0.2, 0.25) is 0 Å². The number of aliphatic hydroxyl groups excluding tert-OH is 1. The molecule has 2 aromatic carbocycles. The number of ketones is 1. The monoisotopic (exact) mass is 448 g/mol. The maximum Gasteiger partial charge on any atom is 0.300 e. The van der Waals surface area contributed by atoms with Crippen LogP contribution in [0.2, 0.25) is 5.02 Å². The van der Waals surface area contributed by atoms with E-state index in [1.54, 1.807) is 36.5 Å². The zero-order valence-corrected chi connectivity index (χ0v) is 18.6. The van der Waals surface area contributed by atoms with E-state index in [4.69, 9.17) is 16.3 Å². The van der Waals surface area contributed by atoms with Crippen LogP contribution >= 0.6 is 11.6 Å². The SMILES string of the molecule is COc1ccc(/C(O)=C2/C(=O)C(=O)N(c3cc(C)ccc3C)C2c2ccccn2)cc1Cl. The van der Waals surface area contributed by atoms with E-state index in [1.807, 2.05) is 32.0 Å². The van der Waals surface area contributed by atoms with Gasteiger partial charge in [-0.15, -0.1) is 0 Å². The molecule has 0 saturated carbocycles. The number of amides is 1.